The Morgan fingerprint density at radius 2 is 1.85 bits per heavy atom. The minimum Gasteiger partial charge on any atom is -0.371 e. The van der Waals surface area contributed by atoms with Gasteiger partial charge >= 0.3 is 0 Å². The van der Waals surface area contributed by atoms with Crippen molar-refractivity contribution < 1.29 is 0 Å². The van der Waals surface area contributed by atoms with E-state index in [-0.39, 0.29) is 0 Å². The zero-order chi connectivity index (χ0) is 13.8. The zero-order valence-electron chi connectivity index (χ0n) is 12.3. The van der Waals surface area contributed by atoms with Crippen molar-refractivity contribution in [2.45, 2.75) is 49.9 Å². The molecule has 0 aliphatic carbocycles. The van der Waals surface area contributed by atoms with Crippen LogP contribution >= 0.6 is 11.8 Å². The number of nitrogens with zero attached hydrogens (tertiary/aromatic N) is 2. The first-order valence-electron chi connectivity index (χ1n) is 7.84. The third-order valence-corrected chi connectivity index (χ3v) is 5.90. The van der Waals surface area contributed by atoms with Crippen LogP contribution in [0.1, 0.15) is 32.6 Å². The maximum Gasteiger partial charge on any atom is 0.0397 e. The molecule has 3 heterocycles. The maximum atomic E-state index is 4.10. The lowest BCUT2D eigenvalue weighted by Crippen LogP contribution is -2.48. The molecule has 0 aromatic carbocycles. The van der Waals surface area contributed by atoms with Gasteiger partial charge in [-0.05, 0) is 37.8 Å². The Morgan fingerprint density at radius 1 is 1.10 bits per heavy atom. The summed E-state index contributed by atoms with van der Waals surface area (Å²) >= 11 is 2.13. The average Bonchev–Trinajstić information content (AvgIpc) is 2.51. The molecule has 0 amide bonds. The van der Waals surface area contributed by atoms with E-state index in [0.717, 1.165) is 24.4 Å². The van der Waals surface area contributed by atoms with Gasteiger partial charge in [-0.2, -0.15) is 11.8 Å². The molecular formula is C16H25N3S. The van der Waals surface area contributed by atoms with Crippen LogP contribution < -0.4 is 10.2 Å². The summed E-state index contributed by atoms with van der Waals surface area (Å²) in [5.74, 6) is 1.30. The van der Waals surface area contributed by atoms with Gasteiger partial charge < -0.3 is 10.2 Å². The molecule has 0 bridgehead atoms. The summed E-state index contributed by atoms with van der Waals surface area (Å²) in [4.78, 5) is 6.58. The van der Waals surface area contributed by atoms with E-state index in [1.54, 1.807) is 0 Å². The molecule has 2 atom stereocenters. The second kappa shape index (κ2) is 6.81. The minimum atomic E-state index is 0.715. The highest BCUT2D eigenvalue weighted by Gasteiger charge is 2.24. The molecule has 2 saturated heterocycles. The van der Waals surface area contributed by atoms with E-state index < -0.39 is 0 Å². The molecule has 2 fully saturated rings. The second-order valence-electron chi connectivity index (χ2n) is 6.05. The quantitative estimate of drug-likeness (QED) is 0.927. The van der Waals surface area contributed by atoms with Crippen LogP contribution in [-0.4, -0.2) is 41.2 Å². The van der Waals surface area contributed by atoms with Gasteiger partial charge in [0.25, 0.3) is 0 Å². The molecule has 1 N–H and O–H groups in total. The summed E-state index contributed by atoms with van der Waals surface area (Å²) in [6, 6.07) is 5.69. The van der Waals surface area contributed by atoms with E-state index in [1.807, 2.05) is 12.4 Å². The third kappa shape index (κ3) is 3.67. The number of aromatic nitrogens is 1. The predicted octanol–water partition coefficient (Wildman–Crippen LogP) is 2.92. The van der Waals surface area contributed by atoms with E-state index in [2.05, 4.69) is 46.0 Å². The molecular weight excluding hydrogens is 266 g/mol. The summed E-state index contributed by atoms with van der Waals surface area (Å²) in [5.41, 5.74) is 1.32. The molecule has 3 nitrogen and oxygen atoms in total. The van der Waals surface area contributed by atoms with Crippen LogP contribution in [0.2, 0.25) is 0 Å². The van der Waals surface area contributed by atoms with Gasteiger partial charge in [0.15, 0.2) is 0 Å². The van der Waals surface area contributed by atoms with Gasteiger partial charge in [0, 0.05) is 54.3 Å². The molecule has 110 valence electrons. The Hall–Kier alpha value is -0.740. The summed E-state index contributed by atoms with van der Waals surface area (Å²) in [7, 11) is 0. The molecule has 2 aliphatic rings. The molecule has 4 heteroatoms. The summed E-state index contributed by atoms with van der Waals surface area (Å²) in [6.45, 7) is 4.68. The smallest absolute Gasteiger partial charge is 0.0397 e. The molecule has 0 radical (unpaired) electrons. The number of nitrogens with one attached hydrogen (secondary N) is 1. The highest BCUT2D eigenvalue weighted by Crippen LogP contribution is 2.26. The van der Waals surface area contributed by atoms with Crippen LogP contribution in [0, 0.1) is 0 Å². The highest BCUT2D eigenvalue weighted by atomic mass is 32.2. The molecule has 2 unspecified atom stereocenters. The van der Waals surface area contributed by atoms with Gasteiger partial charge in [-0.15, -0.1) is 0 Å². The Morgan fingerprint density at radius 3 is 2.50 bits per heavy atom. The van der Waals surface area contributed by atoms with Crippen molar-refractivity contribution in [3.05, 3.63) is 24.5 Å². The first kappa shape index (κ1) is 14.2. The molecule has 0 saturated carbocycles. The largest absolute Gasteiger partial charge is 0.371 e. The minimum absolute atomic E-state index is 0.715. The van der Waals surface area contributed by atoms with Crippen LogP contribution in [-0.2, 0) is 0 Å². The Labute approximate surface area is 126 Å². The summed E-state index contributed by atoms with van der Waals surface area (Å²) < 4.78 is 0. The fraction of sp³-hybridized carbons (Fsp3) is 0.688. The first-order chi connectivity index (χ1) is 9.81. The van der Waals surface area contributed by atoms with E-state index >= 15 is 0 Å². The normalized spacial score (nSPS) is 28.6. The van der Waals surface area contributed by atoms with E-state index in [4.69, 9.17) is 0 Å². The lowest BCUT2D eigenvalue weighted by atomic mass is 10.0. The Kier molecular flexibility index (Phi) is 4.84. The van der Waals surface area contributed by atoms with E-state index in [9.17, 15) is 0 Å². The first-order valence-corrected chi connectivity index (χ1v) is 8.89. The fourth-order valence-corrected chi connectivity index (χ4v) is 4.33. The topological polar surface area (TPSA) is 28.2 Å². The Bertz CT molecular complexity index is 395. The van der Waals surface area contributed by atoms with Gasteiger partial charge in [0.2, 0.25) is 0 Å². The standard InChI is InChI=1S/C16H25N3S/c1-13-2-3-15(12-20-13)18-14-6-10-19(11-7-14)16-4-8-17-9-5-16/h4-5,8-9,13-15,18H,2-3,6-7,10-12H2,1H3. The lowest BCUT2D eigenvalue weighted by molar-refractivity contribution is 0.362. The SMILES string of the molecule is CC1CCC(NC2CCN(c3ccncc3)CC2)CS1. The van der Waals surface area contributed by atoms with Crippen molar-refractivity contribution in [3.63, 3.8) is 0 Å². The molecule has 1 aromatic heterocycles. The number of anilines is 1. The number of hydrogen-bond acceptors (Lipinski definition) is 4. The number of pyridine rings is 1. The lowest BCUT2D eigenvalue weighted by Gasteiger charge is -2.37. The van der Waals surface area contributed by atoms with Crippen molar-refractivity contribution >= 4 is 17.4 Å². The molecule has 1 aromatic rings. The Balaban J connectivity index is 1.44. The zero-order valence-corrected chi connectivity index (χ0v) is 13.1. The monoisotopic (exact) mass is 291 g/mol. The molecule has 20 heavy (non-hydrogen) atoms. The van der Waals surface area contributed by atoms with Gasteiger partial charge in [0.05, 0.1) is 0 Å². The van der Waals surface area contributed by atoms with Crippen LogP contribution in [0.5, 0.6) is 0 Å². The number of rotatable bonds is 3. The number of piperidine rings is 1. The molecule has 0 spiro atoms. The van der Waals surface area contributed by atoms with Crippen molar-refractivity contribution in [1.29, 1.82) is 0 Å². The predicted molar refractivity (Wildman–Crippen MR) is 87.5 cm³/mol. The van der Waals surface area contributed by atoms with Crippen molar-refractivity contribution in [3.8, 4) is 0 Å². The van der Waals surface area contributed by atoms with E-state index in [1.165, 1.54) is 37.1 Å². The van der Waals surface area contributed by atoms with Crippen molar-refractivity contribution in [2.24, 2.45) is 0 Å². The second-order valence-corrected chi connectivity index (χ2v) is 7.52. The van der Waals surface area contributed by atoms with Gasteiger partial charge in [-0.3, -0.25) is 4.98 Å². The fourth-order valence-electron chi connectivity index (χ4n) is 3.21. The van der Waals surface area contributed by atoms with Crippen LogP contribution in [0.25, 0.3) is 0 Å². The average molecular weight is 291 g/mol. The van der Waals surface area contributed by atoms with Crippen molar-refractivity contribution in [1.82, 2.24) is 10.3 Å². The summed E-state index contributed by atoms with van der Waals surface area (Å²) in [6.07, 6.45) is 9.04. The molecule has 2 aliphatic heterocycles. The van der Waals surface area contributed by atoms with Gasteiger partial charge in [-0.25, -0.2) is 0 Å². The summed E-state index contributed by atoms with van der Waals surface area (Å²) in [5, 5.41) is 4.75. The van der Waals surface area contributed by atoms with Crippen molar-refractivity contribution in [2.75, 3.05) is 23.7 Å². The number of hydrogen-bond donors (Lipinski definition) is 1. The van der Waals surface area contributed by atoms with Crippen LogP contribution in [0.4, 0.5) is 5.69 Å². The van der Waals surface area contributed by atoms with Gasteiger partial charge in [0.1, 0.15) is 0 Å². The third-order valence-electron chi connectivity index (χ3n) is 4.50. The van der Waals surface area contributed by atoms with E-state index in [0.29, 0.717) is 6.04 Å². The van der Waals surface area contributed by atoms with Crippen LogP contribution in [0.3, 0.4) is 0 Å². The van der Waals surface area contributed by atoms with Gasteiger partial charge in [-0.1, -0.05) is 6.92 Å². The highest BCUT2D eigenvalue weighted by molar-refractivity contribution is 7.99. The van der Waals surface area contributed by atoms with Crippen LogP contribution in [0.15, 0.2) is 24.5 Å². The number of thioether (sulfide) groups is 1. The maximum absolute atomic E-state index is 4.10. The molecule has 3 rings (SSSR count).